The number of benzene rings is 3. The van der Waals surface area contributed by atoms with E-state index in [1.165, 1.54) is 16.8 Å². The van der Waals surface area contributed by atoms with Gasteiger partial charge in [0.1, 0.15) is 5.75 Å². The maximum atomic E-state index is 12.8. The lowest BCUT2D eigenvalue weighted by atomic mass is 10.1. The van der Waals surface area contributed by atoms with Gasteiger partial charge < -0.3 is 14.5 Å². The molecule has 3 aromatic rings. The maximum absolute atomic E-state index is 12.8. The molecule has 1 heterocycles. The maximum Gasteiger partial charge on any atom is 0.253 e. The highest BCUT2D eigenvalue weighted by Crippen LogP contribution is 2.29. The van der Waals surface area contributed by atoms with Crippen LogP contribution in [0, 0.1) is 0 Å². The van der Waals surface area contributed by atoms with E-state index >= 15 is 0 Å². The van der Waals surface area contributed by atoms with E-state index in [2.05, 4.69) is 41.3 Å². The summed E-state index contributed by atoms with van der Waals surface area (Å²) in [4.78, 5) is 17.0. The number of methoxy groups -OCH3 is 1. The van der Waals surface area contributed by atoms with Gasteiger partial charge in [-0.1, -0.05) is 48.5 Å². The molecule has 0 bridgehead atoms. The van der Waals surface area contributed by atoms with Crippen molar-refractivity contribution >= 4 is 11.6 Å². The normalized spacial score (nSPS) is 12.6. The molecule has 1 aliphatic rings. The molecular weight excluding hydrogens is 360 g/mol. The first-order valence-electron chi connectivity index (χ1n) is 9.95. The highest BCUT2D eigenvalue weighted by Gasteiger charge is 2.19. The Balaban J connectivity index is 1.41. The van der Waals surface area contributed by atoms with E-state index in [-0.39, 0.29) is 5.91 Å². The molecule has 4 heteroatoms. The van der Waals surface area contributed by atoms with Crippen LogP contribution in [0.15, 0.2) is 72.8 Å². The molecule has 29 heavy (non-hydrogen) atoms. The van der Waals surface area contributed by atoms with Crippen LogP contribution in [-0.4, -0.2) is 31.5 Å². The number of anilines is 1. The topological polar surface area (TPSA) is 32.8 Å². The van der Waals surface area contributed by atoms with Crippen molar-refractivity contribution in [1.82, 2.24) is 4.90 Å². The van der Waals surface area contributed by atoms with Crippen molar-refractivity contribution in [3.05, 3.63) is 95.1 Å². The van der Waals surface area contributed by atoms with E-state index in [0.717, 1.165) is 30.8 Å². The quantitative estimate of drug-likeness (QED) is 0.624. The van der Waals surface area contributed by atoms with Gasteiger partial charge in [0, 0.05) is 43.5 Å². The Labute approximate surface area is 172 Å². The minimum atomic E-state index is 0.00831. The summed E-state index contributed by atoms with van der Waals surface area (Å²) in [6.45, 7) is 2.42. The number of hydrogen-bond acceptors (Lipinski definition) is 3. The van der Waals surface area contributed by atoms with Crippen molar-refractivity contribution in [3.63, 3.8) is 0 Å². The first kappa shape index (κ1) is 19.1. The van der Waals surface area contributed by atoms with Gasteiger partial charge >= 0.3 is 0 Å². The van der Waals surface area contributed by atoms with Crippen LogP contribution in [-0.2, 0) is 19.5 Å². The van der Waals surface area contributed by atoms with E-state index in [4.69, 9.17) is 4.74 Å². The summed E-state index contributed by atoms with van der Waals surface area (Å²) < 4.78 is 5.39. The second-order valence-electron chi connectivity index (χ2n) is 7.47. The minimum absolute atomic E-state index is 0.00831. The second kappa shape index (κ2) is 8.39. The number of para-hydroxylation sites is 2. The Morgan fingerprint density at radius 2 is 1.72 bits per heavy atom. The molecule has 0 atom stereocenters. The zero-order valence-corrected chi connectivity index (χ0v) is 17.0. The zero-order chi connectivity index (χ0) is 20.2. The summed E-state index contributed by atoms with van der Waals surface area (Å²) in [5.74, 6) is 0.808. The highest BCUT2D eigenvalue weighted by atomic mass is 16.5. The number of hydrogen-bond donors (Lipinski definition) is 0. The smallest absolute Gasteiger partial charge is 0.253 e. The highest BCUT2D eigenvalue weighted by molar-refractivity contribution is 5.94. The van der Waals surface area contributed by atoms with E-state index < -0.39 is 0 Å². The zero-order valence-electron chi connectivity index (χ0n) is 17.0. The lowest BCUT2D eigenvalue weighted by molar-refractivity contribution is 0.0784. The van der Waals surface area contributed by atoms with Crippen LogP contribution in [0.5, 0.6) is 5.75 Å². The molecule has 0 saturated carbocycles. The average Bonchev–Trinajstić information content (AvgIpc) is 3.17. The standard InChI is InChI=1S/C25H26N2O2/c1-26(18-22-8-4-6-10-24(22)29-2)25(28)21-13-11-19(12-14-21)17-27-16-15-20-7-3-5-9-23(20)27/h3-14H,15-18H2,1-2H3. The molecule has 0 aromatic heterocycles. The van der Waals surface area contributed by atoms with Crippen molar-refractivity contribution in [2.45, 2.75) is 19.5 Å². The molecule has 0 unspecified atom stereocenters. The molecule has 1 amide bonds. The van der Waals surface area contributed by atoms with Crippen molar-refractivity contribution in [2.24, 2.45) is 0 Å². The molecule has 0 aliphatic carbocycles. The van der Waals surface area contributed by atoms with Gasteiger partial charge in [-0.05, 0) is 41.8 Å². The Bertz CT molecular complexity index is 998. The van der Waals surface area contributed by atoms with E-state index in [1.54, 1.807) is 12.0 Å². The summed E-state index contributed by atoms with van der Waals surface area (Å²) in [6.07, 6.45) is 1.10. The third-order valence-corrected chi connectivity index (χ3v) is 5.50. The van der Waals surface area contributed by atoms with Crippen LogP contribution in [0.3, 0.4) is 0 Å². The molecule has 0 N–H and O–H groups in total. The molecule has 0 spiro atoms. The minimum Gasteiger partial charge on any atom is -0.496 e. The van der Waals surface area contributed by atoms with Gasteiger partial charge in [-0.3, -0.25) is 4.79 Å². The van der Waals surface area contributed by atoms with Crippen LogP contribution in [0.25, 0.3) is 0 Å². The predicted octanol–water partition coefficient (Wildman–Crippen LogP) is 4.53. The Hall–Kier alpha value is -3.27. The summed E-state index contributed by atoms with van der Waals surface area (Å²) in [6, 6.07) is 24.4. The molecule has 3 aromatic carbocycles. The lowest BCUT2D eigenvalue weighted by Crippen LogP contribution is -2.26. The first-order chi connectivity index (χ1) is 14.2. The fourth-order valence-electron chi connectivity index (χ4n) is 3.93. The number of ether oxygens (including phenoxy) is 1. The number of rotatable bonds is 6. The fourth-order valence-corrected chi connectivity index (χ4v) is 3.93. The number of fused-ring (bicyclic) bond motifs is 1. The number of carbonyl (C=O) groups excluding carboxylic acids is 1. The van der Waals surface area contributed by atoms with Gasteiger partial charge in [-0.25, -0.2) is 0 Å². The Morgan fingerprint density at radius 3 is 2.52 bits per heavy atom. The van der Waals surface area contributed by atoms with Crippen LogP contribution >= 0.6 is 0 Å². The Morgan fingerprint density at radius 1 is 1.00 bits per heavy atom. The third-order valence-electron chi connectivity index (χ3n) is 5.50. The number of carbonyl (C=O) groups is 1. The number of amides is 1. The van der Waals surface area contributed by atoms with Gasteiger partial charge in [0.2, 0.25) is 0 Å². The summed E-state index contributed by atoms with van der Waals surface area (Å²) in [7, 11) is 3.47. The van der Waals surface area contributed by atoms with E-state index in [1.807, 2.05) is 43.4 Å². The van der Waals surface area contributed by atoms with Gasteiger partial charge in [0.05, 0.1) is 7.11 Å². The van der Waals surface area contributed by atoms with Crippen molar-refractivity contribution in [3.8, 4) is 5.75 Å². The van der Waals surface area contributed by atoms with Gasteiger partial charge in [-0.15, -0.1) is 0 Å². The van der Waals surface area contributed by atoms with Crippen LogP contribution in [0.1, 0.15) is 27.0 Å². The first-order valence-corrected chi connectivity index (χ1v) is 9.95. The fraction of sp³-hybridized carbons (Fsp3) is 0.240. The molecule has 4 nitrogen and oxygen atoms in total. The molecule has 1 aliphatic heterocycles. The SMILES string of the molecule is COc1ccccc1CN(C)C(=O)c1ccc(CN2CCc3ccccc32)cc1. The van der Waals surface area contributed by atoms with Crippen LogP contribution in [0.4, 0.5) is 5.69 Å². The summed E-state index contributed by atoms with van der Waals surface area (Å²) >= 11 is 0. The van der Waals surface area contributed by atoms with E-state index in [0.29, 0.717) is 12.1 Å². The Kier molecular flexibility index (Phi) is 5.52. The van der Waals surface area contributed by atoms with Crippen LogP contribution < -0.4 is 9.64 Å². The molecule has 0 fully saturated rings. The number of nitrogens with zero attached hydrogens (tertiary/aromatic N) is 2. The summed E-state index contributed by atoms with van der Waals surface area (Å²) in [5.41, 5.74) is 5.65. The molecule has 0 radical (unpaired) electrons. The van der Waals surface area contributed by atoms with Crippen molar-refractivity contribution in [1.29, 1.82) is 0 Å². The van der Waals surface area contributed by atoms with E-state index in [9.17, 15) is 4.79 Å². The summed E-state index contributed by atoms with van der Waals surface area (Å²) in [5, 5.41) is 0. The largest absolute Gasteiger partial charge is 0.496 e. The third kappa shape index (κ3) is 4.11. The van der Waals surface area contributed by atoms with Gasteiger partial charge in [-0.2, -0.15) is 0 Å². The predicted molar refractivity (Wildman–Crippen MR) is 116 cm³/mol. The lowest BCUT2D eigenvalue weighted by Gasteiger charge is -2.21. The van der Waals surface area contributed by atoms with Gasteiger partial charge in [0.25, 0.3) is 5.91 Å². The average molecular weight is 386 g/mol. The molecule has 0 saturated heterocycles. The molecule has 4 rings (SSSR count). The molecular formula is C25H26N2O2. The molecule has 148 valence electrons. The second-order valence-corrected chi connectivity index (χ2v) is 7.47. The monoisotopic (exact) mass is 386 g/mol. The van der Waals surface area contributed by atoms with Crippen LogP contribution in [0.2, 0.25) is 0 Å². The van der Waals surface area contributed by atoms with Crippen molar-refractivity contribution in [2.75, 3.05) is 25.6 Å². The van der Waals surface area contributed by atoms with Gasteiger partial charge in [0.15, 0.2) is 0 Å². The van der Waals surface area contributed by atoms with Crippen molar-refractivity contribution < 1.29 is 9.53 Å².